The SMILES string of the molecule is CC1CCCC(C)N1Nc1cc(NN)ncn1. The van der Waals surface area contributed by atoms with Crippen molar-refractivity contribution in [2.24, 2.45) is 5.84 Å². The van der Waals surface area contributed by atoms with Crippen LogP contribution in [0, 0.1) is 0 Å². The molecule has 6 nitrogen and oxygen atoms in total. The lowest BCUT2D eigenvalue weighted by molar-refractivity contribution is 0.135. The smallest absolute Gasteiger partial charge is 0.145 e. The van der Waals surface area contributed by atoms with Crippen LogP contribution in [0.2, 0.25) is 0 Å². The van der Waals surface area contributed by atoms with Crippen molar-refractivity contribution >= 4 is 11.6 Å². The molecule has 1 aromatic rings. The maximum Gasteiger partial charge on any atom is 0.145 e. The zero-order valence-electron chi connectivity index (χ0n) is 10.3. The highest BCUT2D eigenvalue weighted by Crippen LogP contribution is 2.23. The van der Waals surface area contributed by atoms with Gasteiger partial charge in [0.1, 0.15) is 18.0 Å². The van der Waals surface area contributed by atoms with E-state index in [1.165, 1.54) is 25.6 Å². The van der Waals surface area contributed by atoms with Crippen molar-refractivity contribution < 1.29 is 0 Å². The molecule has 0 bridgehead atoms. The Labute approximate surface area is 102 Å². The standard InChI is InChI=1S/C11H20N6/c1-8-4-3-5-9(2)17(8)16-11-6-10(15-12)13-7-14-11/h6-9H,3-5,12H2,1-2H3,(H2,13,14,15,16). The number of anilines is 2. The summed E-state index contributed by atoms with van der Waals surface area (Å²) in [5.41, 5.74) is 5.86. The van der Waals surface area contributed by atoms with Crippen LogP contribution in [0.3, 0.4) is 0 Å². The summed E-state index contributed by atoms with van der Waals surface area (Å²) in [5, 5.41) is 2.26. The Hall–Kier alpha value is -1.40. The van der Waals surface area contributed by atoms with Gasteiger partial charge >= 0.3 is 0 Å². The van der Waals surface area contributed by atoms with Gasteiger partial charge in [-0.3, -0.25) is 0 Å². The fraction of sp³-hybridized carbons (Fsp3) is 0.636. The molecule has 1 aliphatic rings. The molecule has 1 fully saturated rings. The molecule has 0 aromatic carbocycles. The molecule has 2 rings (SSSR count). The Morgan fingerprint density at radius 3 is 2.53 bits per heavy atom. The number of nitrogen functional groups attached to an aromatic ring is 1. The zero-order valence-corrected chi connectivity index (χ0v) is 10.3. The number of nitrogens with one attached hydrogen (secondary N) is 2. The fourth-order valence-corrected chi connectivity index (χ4v) is 2.27. The van der Waals surface area contributed by atoms with E-state index in [1.807, 2.05) is 0 Å². The molecule has 2 atom stereocenters. The molecule has 0 saturated carbocycles. The third kappa shape index (κ3) is 2.83. The van der Waals surface area contributed by atoms with Crippen molar-refractivity contribution in [3.8, 4) is 0 Å². The van der Waals surface area contributed by atoms with Gasteiger partial charge in [-0.25, -0.2) is 20.8 Å². The molecule has 0 amide bonds. The molecule has 1 aromatic heterocycles. The van der Waals surface area contributed by atoms with Crippen molar-refractivity contribution in [3.63, 3.8) is 0 Å². The summed E-state index contributed by atoms with van der Waals surface area (Å²) in [6.07, 6.45) is 5.21. The second-order valence-electron chi connectivity index (χ2n) is 4.58. The van der Waals surface area contributed by atoms with E-state index < -0.39 is 0 Å². The van der Waals surface area contributed by atoms with Gasteiger partial charge in [-0.05, 0) is 26.7 Å². The quantitative estimate of drug-likeness (QED) is 0.543. The van der Waals surface area contributed by atoms with Crippen LogP contribution in [-0.2, 0) is 0 Å². The van der Waals surface area contributed by atoms with E-state index >= 15 is 0 Å². The van der Waals surface area contributed by atoms with E-state index in [1.54, 1.807) is 6.07 Å². The summed E-state index contributed by atoms with van der Waals surface area (Å²) in [7, 11) is 0. The highest BCUT2D eigenvalue weighted by Gasteiger charge is 2.24. The van der Waals surface area contributed by atoms with E-state index in [2.05, 4.69) is 39.7 Å². The van der Waals surface area contributed by atoms with Crippen LogP contribution in [0.1, 0.15) is 33.1 Å². The van der Waals surface area contributed by atoms with E-state index in [-0.39, 0.29) is 0 Å². The number of nitrogens with zero attached hydrogens (tertiary/aromatic N) is 3. The van der Waals surface area contributed by atoms with E-state index in [4.69, 9.17) is 5.84 Å². The summed E-state index contributed by atoms with van der Waals surface area (Å²) in [5.74, 6) is 6.71. The van der Waals surface area contributed by atoms with Crippen LogP contribution in [-0.4, -0.2) is 27.1 Å². The number of hydrazine groups is 2. The van der Waals surface area contributed by atoms with Crippen molar-refractivity contribution in [2.45, 2.75) is 45.2 Å². The lowest BCUT2D eigenvalue weighted by Crippen LogP contribution is -2.47. The molecule has 94 valence electrons. The molecule has 4 N–H and O–H groups in total. The third-order valence-corrected chi connectivity index (χ3v) is 3.25. The summed E-state index contributed by atoms with van der Waals surface area (Å²) < 4.78 is 0. The fourth-order valence-electron chi connectivity index (χ4n) is 2.27. The van der Waals surface area contributed by atoms with E-state index in [0.717, 1.165) is 5.82 Å². The van der Waals surface area contributed by atoms with E-state index in [0.29, 0.717) is 17.9 Å². The summed E-state index contributed by atoms with van der Waals surface area (Å²) in [6, 6.07) is 2.83. The minimum atomic E-state index is 0.517. The molecule has 2 heterocycles. The minimum absolute atomic E-state index is 0.517. The van der Waals surface area contributed by atoms with Crippen LogP contribution in [0.15, 0.2) is 12.4 Å². The Kier molecular flexibility index (Phi) is 3.75. The highest BCUT2D eigenvalue weighted by molar-refractivity contribution is 5.45. The van der Waals surface area contributed by atoms with Crippen LogP contribution < -0.4 is 16.7 Å². The third-order valence-electron chi connectivity index (χ3n) is 3.25. The molecule has 1 saturated heterocycles. The second-order valence-corrected chi connectivity index (χ2v) is 4.58. The van der Waals surface area contributed by atoms with Crippen molar-refractivity contribution in [3.05, 3.63) is 12.4 Å². The van der Waals surface area contributed by atoms with Gasteiger partial charge in [-0.2, -0.15) is 0 Å². The van der Waals surface area contributed by atoms with Gasteiger partial charge in [-0.15, -0.1) is 0 Å². The van der Waals surface area contributed by atoms with Gasteiger partial charge in [0.25, 0.3) is 0 Å². The first kappa shape index (κ1) is 12.1. The van der Waals surface area contributed by atoms with Gasteiger partial charge < -0.3 is 10.9 Å². The molecule has 0 aliphatic carbocycles. The van der Waals surface area contributed by atoms with Gasteiger partial charge in [0, 0.05) is 18.2 Å². The van der Waals surface area contributed by atoms with Crippen molar-refractivity contribution in [1.82, 2.24) is 15.0 Å². The summed E-state index contributed by atoms with van der Waals surface area (Å²) in [4.78, 5) is 8.17. The first-order chi connectivity index (χ1) is 8.20. The van der Waals surface area contributed by atoms with Crippen LogP contribution in [0.4, 0.5) is 11.6 Å². The zero-order chi connectivity index (χ0) is 12.3. The van der Waals surface area contributed by atoms with Gasteiger partial charge in [0.15, 0.2) is 0 Å². The van der Waals surface area contributed by atoms with E-state index in [9.17, 15) is 0 Å². The van der Waals surface area contributed by atoms with Crippen molar-refractivity contribution in [2.75, 3.05) is 10.9 Å². The molecule has 0 spiro atoms. The molecule has 2 unspecified atom stereocenters. The van der Waals surface area contributed by atoms with Crippen LogP contribution in [0.25, 0.3) is 0 Å². The average Bonchev–Trinajstić information content (AvgIpc) is 2.34. The largest absolute Gasteiger partial charge is 0.308 e. The highest BCUT2D eigenvalue weighted by atomic mass is 15.5. The molecule has 1 aliphatic heterocycles. The Balaban J connectivity index is 2.07. The lowest BCUT2D eigenvalue weighted by atomic mass is 10.00. The number of hydrogen-bond donors (Lipinski definition) is 3. The maximum atomic E-state index is 5.32. The average molecular weight is 236 g/mol. The molecule has 17 heavy (non-hydrogen) atoms. The Morgan fingerprint density at radius 2 is 1.88 bits per heavy atom. The van der Waals surface area contributed by atoms with Gasteiger partial charge in [0.2, 0.25) is 0 Å². The number of hydrogen-bond acceptors (Lipinski definition) is 6. The first-order valence-corrected chi connectivity index (χ1v) is 6.04. The first-order valence-electron chi connectivity index (χ1n) is 6.04. The lowest BCUT2D eigenvalue weighted by Gasteiger charge is -2.39. The normalized spacial score (nSPS) is 25.6. The molecule has 0 radical (unpaired) electrons. The molecular weight excluding hydrogens is 216 g/mol. The monoisotopic (exact) mass is 236 g/mol. The number of nitrogens with two attached hydrogens (primary N) is 1. The maximum absolute atomic E-state index is 5.32. The number of piperidine rings is 1. The molecule has 6 heteroatoms. The number of rotatable bonds is 3. The minimum Gasteiger partial charge on any atom is -0.308 e. The van der Waals surface area contributed by atoms with Gasteiger partial charge in [-0.1, -0.05) is 6.42 Å². The van der Waals surface area contributed by atoms with Gasteiger partial charge in [0.05, 0.1) is 0 Å². The van der Waals surface area contributed by atoms with Crippen molar-refractivity contribution in [1.29, 1.82) is 0 Å². The summed E-state index contributed by atoms with van der Waals surface area (Å²) >= 11 is 0. The number of aromatic nitrogens is 2. The topological polar surface area (TPSA) is 79.1 Å². The second kappa shape index (κ2) is 5.29. The predicted molar refractivity (Wildman–Crippen MR) is 68.1 cm³/mol. The Bertz CT molecular complexity index is 359. The molecular formula is C11H20N6. The summed E-state index contributed by atoms with van der Waals surface area (Å²) in [6.45, 7) is 4.46. The van der Waals surface area contributed by atoms with Crippen LogP contribution >= 0.6 is 0 Å². The predicted octanol–water partition coefficient (Wildman–Crippen LogP) is 1.35. The Morgan fingerprint density at radius 1 is 1.24 bits per heavy atom. The van der Waals surface area contributed by atoms with Crippen LogP contribution in [0.5, 0.6) is 0 Å².